The SMILES string of the molecule is CN(C)C(c1ccccc1F)C1(C#N)CC1. The van der Waals surface area contributed by atoms with E-state index in [9.17, 15) is 9.65 Å². The molecule has 2 nitrogen and oxygen atoms in total. The van der Waals surface area contributed by atoms with Gasteiger partial charge in [-0.25, -0.2) is 4.39 Å². The molecule has 1 atom stereocenters. The molecule has 0 spiro atoms. The molecule has 0 aromatic heterocycles. The number of rotatable bonds is 3. The van der Waals surface area contributed by atoms with Crippen molar-refractivity contribution in [3.05, 3.63) is 35.6 Å². The second kappa shape index (κ2) is 3.88. The van der Waals surface area contributed by atoms with Crippen LogP contribution in [0.2, 0.25) is 0 Å². The second-order valence-electron chi connectivity index (χ2n) is 4.66. The highest BCUT2D eigenvalue weighted by Gasteiger charge is 2.52. The van der Waals surface area contributed by atoms with Crippen molar-refractivity contribution in [2.75, 3.05) is 14.1 Å². The lowest BCUT2D eigenvalue weighted by atomic mass is 9.90. The third-order valence-electron chi connectivity index (χ3n) is 3.25. The molecule has 0 radical (unpaired) electrons. The first-order valence-electron chi connectivity index (χ1n) is 5.43. The minimum absolute atomic E-state index is 0.140. The van der Waals surface area contributed by atoms with Crippen LogP contribution in [0, 0.1) is 22.6 Å². The molecular formula is C13H15FN2. The molecule has 0 bridgehead atoms. The lowest BCUT2D eigenvalue weighted by molar-refractivity contribution is 0.226. The third-order valence-corrected chi connectivity index (χ3v) is 3.25. The molecule has 0 aliphatic heterocycles. The predicted octanol–water partition coefficient (Wildman–Crippen LogP) is 2.73. The Kier molecular flexibility index (Phi) is 2.69. The van der Waals surface area contributed by atoms with Crippen molar-refractivity contribution in [1.82, 2.24) is 4.90 Å². The van der Waals surface area contributed by atoms with Crippen LogP contribution >= 0.6 is 0 Å². The molecular weight excluding hydrogens is 203 g/mol. The molecule has 0 heterocycles. The molecule has 3 heteroatoms. The fourth-order valence-corrected chi connectivity index (χ4v) is 2.35. The third kappa shape index (κ3) is 1.70. The van der Waals surface area contributed by atoms with Gasteiger partial charge in [0, 0.05) is 5.56 Å². The van der Waals surface area contributed by atoms with Gasteiger partial charge >= 0.3 is 0 Å². The summed E-state index contributed by atoms with van der Waals surface area (Å²) in [5.74, 6) is -0.220. The lowest BCUT2D eigenvalue weighted by Crippen LogP contribution is -2.28. The minimum Gasteiger partial charge on any atom is -0.301 e. The van der Waals surface area contributed by atoms with E-state index < -0.39 is 0 Å². The van der Waals surface area contributed by atoms with Gasteiger partial charge in [-0.15, -0.1) is 0 Å². The van der Waals surface area contributed by atoms with Crippen molar-refractivity contribution in [3.63, 3.8) is 0 Å². The summed E-state index contributed by atoms with van der Waals surface area (Å²) in [5.41, 5.74) is 0.248. The second-order valence-corrected chi connectivity index (χ2v) is 4.66. The van der Waals surface area contributed by atoms with Gasteiger partial charge in [0.25, 0.3) is 0 Å². The largest absolute Gasteiger partial charge is 0.301 e. The zero-order valence-electron chi connectivity index (χ0n) is 9.57. The minimum atomic E-state index is -0.383. The van der Waals surface area contributed by atoms with E-state index in [1.807, 2.05) is 25.1 Å². The summed E-state index contributed by atoms with van der Waals surface area (Å²) < 4.78 is 13.8. The first-order chi connectivity index (χ1) is 7.60. The molecule has 1 fully saturated rings. The Morgan fingerprint density at radius 2 is 2.00 bits per heavy atom. The van der Waals surface area contributed by atoms with Gasteiger partial charge < -0.3 is 4.90 Å². The Morgan fingerprint density at radius 3 is 2.44 bits per heavy atom. The number of hydrogen-bond donors (Lipinski definition) is 0. The fraction of sp³-hybridized carbons (Fsp3) is 0.462. The lowest BCUT2D eigenvalue weighted by Gasteiger charge is -2.29. The fourth-order valence-electron chi connectivity index (χ4n) is 2.35. The summed E-state index contributed by atoms with van der Waals surface area (Å²) in [6, 6.07) is 8.94. The van der Waals surface area contributed by atoms with Crippen molar-refractivity contribution < 1.29 is 4.39 Å². The molecule has 2 rings (SSSR count). The topological polar surface area (TPSA) is 27.0 Å². The first kappa shape index (κ1) is 11.1. The molecule has 0 saturated heterocycles. The smallest absolute Gasteiger partial charge is 0.128 e. The number of benzene rings is 1. The molecule has 1 aliphatic carbocycles. The average molecular weight is 218 g/mol. The van der Waals surface area contributed by atoms with Crippen LogP contribution < -0.4 is 0 Å². The quantitative estimate of drug-likeness (QED) is 0.780. The molecule has 1 unspecified atom stereocenters. The zero-order chi connectivity index (χ0) is 11.8. The first-order valence-corrected chi connectivity index (χ1v) is 5.43. The maximum Gasteiger partial charge on any atom is 0.128 e. The average Bonchev–Trinajstić information content (AvgIpc) is 3.02. The molecule has 84 valence electrons. The molecule has 1 aliphatic rings. The number of nitrogens with zero attached hydrogens (tertiary/aromatic N) is 2. The van der Waals surface area contributed by atoms with Crippen molar-refractivity contribution in [3.8, 4) is 6.07 Å². The summed E-state index contributed by atoms with van der Waals surface area (Å²) in [7, 11) is 3.79. The van der Waals surface area contributed by atoms with Gasteiger partial charge in [0.15, 0.2) is 0 Å². The maximum absolute atomic E-state index is 13.8. The van der Waals surface area contributed by atoms with Crippen LogP contribution in [0.1, 0.15) is 24.4 Å². The highest BCUT2D eigenvalue weighted by atomic mass is 19.1. The highest BCUT2D eigenvalue weighted by molar-refractivity contribution is 5.30. The maximum atomic E-state index is 13.8. The Bertz CT molecular complexity index is 430. The number of nitriles is 1. The molecule has 1 aromatic rings. The van der Waals surface area contributed by atoms with Crippen molar-refractivity contribution in [2.24, 2.45) is 5.41 Å². The van der Waals surface area contributed by atoms with E-state index in [2.05, 4.69) is 6.07 Å². The monoisotopic (exact) mass is 218 g/mol. The Balaban J connectivity index is 2.43. The molecule has 0 N–H and O–H groups in total. The Hall–Kier alpha value is -1.40. The molecule has 1 aromatic carbocycles. The van der Waals surface area contributed by atoms with Gasteiger partial charge in [0.2, 0.25) is 0 Å². The summed E-state index contributed by atoms with van der Waals surface area (Å²) in [5, 5.41) is 9.23. The number of hydrogen-bond acceptors (Lipinski definition) is 2. The Morgan fingerprint density at radius 1 is 1.38 bits per heavy atom. The van der Waals surface area contributed by atoms with Crippen LogP contribution in [0.25, 0.3) is 0 Å². The van der Waals surface area contributed by atoms with Crippen molar-refractivity contribution >= 4 is 0 Å². The van der Waals surface area contributed by atoms with E-state index in [1.54, 1.807) is 12.1 Å². The summed E-state index contributed by atoms with van der Waals surface area (Å²) in [6.45, 7) is 0. The van der Waals surface area contributed by atoms with Crippen LogP contribution in [-0.4, -0.2) is 19.0 Å². The Labute approximate surface area is 95.3 Å². The van der Waals surface area contributed by atoms with E-state index >= 15 is 0 Å². The zero-order valence-corrected chi connectivity index (χ0v) is 9.57. The van der Waals surface area contributed by atoms with Crippen LogP contribution in [0.15, 0.2) is 24.3 Å². The van der Waals surface area contributed by atoms with Crippen LogP contribution in [0.4, 0.5) is 4.39 Å². The molecule has 0 amide bonds. The highest BCUT2D eigenvalue weighted by Crippen LogP contribution is 2.56. The summed E-state index contributed by atoms with van der Waals surface area (Å²) in [4.78, 5) is 1.94. The van der Waals surface area contributed by atoms with E-state index in [-0.39, 0.29) is 17.3 Å². The van der Waals surface area contributed by atoms with Crippen LogP contribution in [-0.2, 0) is 0 Å². The number of halogens is 1. The van der Waals surface area contributed by atoms with Gasteiger partial charge in [0.05, 0.1) is 17.5 Å². The van der Waals surface area contributed by atoms with Gasteiger partial charge in [0.1, 0.15) is 5.82 Å². The van der Waals surface area contributed by atoms with Gasteiger partial charge in [-0.1, -0.05) is 18.2 Å². The van der Waals surface area contributed by atoms with Gasteiger partial charge in [-0.05, 0) is 33.0 Å². The van der Waals surface area contributed by atoms with E-state index in [0.29, 0.717) is 5.56 Å². The van der Waals surface area contributed by atoms with Crippen LogP contribution in [0.5, 0.6) is 0 Å². The van der Waals surface area contributed by atoms with Gasteiger partial charge in [-0.2, -0.15) is 5.26 Å². The molecule has 16 heavy (non-hydrogen) atoms. The van der Waals surface area contributed by atoms with E-state index in [4.69, 9.17) is 0 Å². The predicted molar refractivity (Wildman–Crippen MR) is 60.1 cm³/mol. The van der Waals surface area contributed by atoms with Gasteiger partial charge in [-0.3, -0.25) is 0 Å². The normalized spacial score (nSPS) is 19.2. The molecule has 1 saturated carbocycles. The summed E-state index contributed by atoms with van der Waals surface area (Å²) >= 11 is 0. The van der Waals surface area contributed by atoms with E-state index in [1.165, 1.54) is 6.07 Å². The van der Waals surface area contributed by atoms with Crippen molar-refractivity contribution in [1.29, 1.82) is 5.26 Å². The standard InChI is InChI=1S/C13H15FN2/c1-16(2)12(13(9-15)7-8-13)10-5-3-4-6-11(10)14/h3-6,12H,7-8H2,1-2H3. The summed E-state index contributed by atoms with van der Waals surface area (Å²) in [6.07, 6.45) is 1.72. The van der Waals surface area contributed by atoms with Crippen molar-refractivity contribution in [2.45, 2.75) is 18.9 Å². The van der Waals surface area contributed by atoms with E-state index in [0.717, 1.165) is 12.8 Å². The van der Waals surface area contributed by atoms with Crippen LogP contribution in [0.3, 0.4) is 0 Å².